The fraction of sp³-hybridized carbons (Fsp3) is 1.00. The van der Waals surface area contributed by atoms with Gasteiger partial charge in [-0.3, -0.25) is 0 Å². The second-order valence-electron chi connectivity index (χ2n) is 4.09. The van der Waals surface area contributed by atoms with E-state index < -0.39 is 0 Å². The number of nitrogens with zero attached hydrogens (tertiary/aromatic N) is 1. The Morgan fingerprint density at radius 1 is 1.20 bits per heavy atom. The molecule has 0 aromatic rings. The van der Waals surface area contributed by atoms with Crippen LogP contribution in [0.3, 0.4) is 0 Å². The van der Waals surface area contributed by atoms with Gasteiger partial charge in [-0.15, -0.1) is 0 Å². The van der Waals surface area contributed by atoms with Gasteiger partial charge in [0.2, 0.25) is 0 Å². The molecule has 1 nitrogen and oxygen atoms in total. The molecule has 0 spiro atoms. The first-order chi connectivity index (χ1) is 4.61. The van der Waals surface area contributed by atoms with Crippen molar-refractivity contribution in [1.29, 1.82) is 0 Å². The largest absolute Gasteiger partial charge is 0.306 e. The summed E-state index contributed by atoms with van der Waals surface area (Å²) in [5.74, 6) is 1.91. The highest BCUT2D eigenvalue weighted by Gasteiger charge is 2.31. The Labute approximate surface area is 64.4 Å². The smallest absolute Gasteiger partial charge is 0.00946 e. The van der Waals surface area contributed by atoms with Crippen LogP contribution in [0.1, 0.15) is 26.7 Å². The van der Waals surface area contributed by atoms with Gasteiger partial charge in [-0.05, 0) is 38.8 Å². The fourth-order valence-corrected chi connectivity index (χ4v) is 1.60. The minimum absolute atomic E-state index is 0.882. The Balaban J connectivity index is 2.18. The fourth-order valence-electron chi connectivity index (χ4n) is 1.60. The monoisotopic (exact) mass is 141 g/mol. The van der Waals surface area contributed by atoms with E-state index in [0.717, 1.165) is 17.9 Å². The first kappa shape index (κ1) is 8.06. The number of rotatable bonds is 2. The molecule has 0 unspecified atom stereocenters. The van der Waals surface area contributed by atoms with Crippen LogP contribution >= 0.6 is 0 Å². The van der Waals surface area contributed by atoms with Gasteiger partial charge in [-0.1, -0.05) is 13.8 Å². The molecule has 10 heavy (non-hydrogen) atoms. The minimum Gasteiger partial charge on any atom is -0.306 e. The van der Waals surface area contributed by atoms with Crippen molar-refractivity contribution in [3.05, 3.63) is 0 Å². The van der Waals surface area contributed by atoms with E-state index in [0.29, 0.717) is 0 Å². The Hall–Kier alpha value is -0.0400. The Kier molecular flexibility index (Phi) is 2.35. The third-order valence-corrected chi connectivity index (χ3v) is 2.82. The Morgan fingerprint density at radius 3 is 2.00 bits per heavy atom. The molecule has 60 valence electrons. The van der Waals surface area contributed by atoms with Crippen LogP contribution in [0.15, 0.2) is 0 Å². The molecule has 1 aliphatic rings. The molecule has 0 atom stereocenters. The van der Waals surface area contributed by atoms with Crippen LogP contribution in [0.2, 0.25) is 0 Å². The first-order valence-electron chi connectivity index (χ1n) is 4.27. The molecule has 1 aliphatic carbocycles. The molecule has 0 N–H and O–H groups in total. The summed E-state index contributed by atoms with van der Waals surface area (Å²) in [6.07, 6.45) is 2.84. The lowest BCUT2D eigenvalue weighted by atomic mass is 9.73. The summed E-state index contributed by atoms with van der Waals surface area (Å²) in [6.45, 7) is 4.66. The molecule has 0 radical (unpaired) electrons. The van der Waals surface area contributed by atoms with Gasteiger partial charge in [0, 0.05) is 6.04 Å². The zero-order valence-electron chi connectivity index (χ0n) is 7.59. The molecular weight excluding hydrogens is 122 g/mol. The predicted octanol–water partition coefficient (Wildman–Crippen LogP) is 1.98. The van der Waals surface area contributed by atoms with Crippen LogP contribution < -0.4 is 0 Å². The molecule has 0 bridgehead atoms. The van der Waals surface area contributed by atoms with E-state index in [1.165, 1.54) is 12.8 Å². The van der Waals surface area contributed by atoms with E-state index >= 15 is 0 Å². The summed E-state index contributed by atoms with van der Waals surface area (Å²) in [7, 11) is 4.36. The molecule has 1 rings (SSSR count). The van der Waals surface area contributed by atoms with Crippen molar-refractivity contribution < 1.29 is 0 Å². The van der Waals surface area contributed by atoms with Gasteiger partial charge in [0.05, 0.1) is 0 Å². The zero-order chi connectivity index (χ0) is 7.72. The minimum atomic E-state index is 0.882. The van der Waals surface area contributed by atoms with Crippen LogP contribution in [0.5, 0.6) is 0 Å². The highest BCUT2D eigenvalue weighted by molar-refractivity contribution is 4.86. The quantitative estimate of drug-likeness (QED) is 0.568. The maximum atomic E-state index is 2.35. The summed E-state index contributed by atoms with van der Waals surface area (Å²) in [6, 6.07) is 0.882. The second-order valence-corrected chi connectivity index (χ2v) is 4.09. The third-order valence-electron chi connectivity index (χ3n) is 2.82. The van der Waals surface area contributed by atoms with E-state index in [4.69, 9.17) is 0 Å². The van der Waals surface area contributed by atoms with Gasteiger partial charge in [-0.2, -0.15) is 0 Å². The summed E-state index contributed by atoms with van der Waals surface area (Å²) >= 11 is 0. The molecule has 1 fully saturated rings. The maximum Gasteiger partial charge on any atom is 0.00946 e. The maximum absolute atomic E-state index is 2.35. The van der Waals surface area contributed by atoms with Gasteiger partial charge in [0.25, 0.3) is 0 Å². The van der Waals surface area contributed by atoms with Gasteiger partial charge < -0.3 is 4.90 Å². The predicted molar refractivity (Wildman–Crippen MR) is 45.0 cm³/mol. The average molecular weight is 141 g/mol. The van der Waals surface area contributed by atoms with Gasteiger partial charge >= 0.3 is 0 Å². The Morgan fingerprint density at radius 2 is 1.70 bits per heavy atom. The summed E-state index contributed by atoms with van der Waals surface area (Å²) in [5.41, 5.74) is 0. The normalized spacial score (nSPS) is 33.0. The van der Waals surface area contributed by atoms with Crippen molar-refractivity contribution in [2.45, 2.75) is 32.7 Å². The van der Waals surface area contributed by atoms with E-state index in [2.05, 4.69) is 32.8 Å². The molecule has 0 aliphatic heterocycles. The topological polar surface area (TPSA) is 3.24 Å². The van der Waals surface area contributed by atoms with E-state index in [1.54, 1.807) is 0 Å². The molecule has 0 aromatic heterocycles. The summed E-state index contributed by atoms with van der Waals surface area (Å²) < 4.78 is 0. The molecule has 0 saturated heterocycles. The molecule has 0 aromatic carbocycles. The van der Waals surface area contributed by atoms with Crippen molar-refractivity contribution in [3.8, 4) is 0 Å². The highest BCUT2D eigenvalue weighted by atomic mass is 15.1. The molecule has 0 amide bonds. The molecular formula is C9H19N. The van der Waals surface area contributed by atoms with Crippen LogP contribution in [-0.2, 0) is 0 Å². The van der Waals surface area contributed by atoms with E-state index in [9.17, 15) is 0 Å². The number of hydrogen-bond donors (Lipinski definition) is 0. The third kappa shape index (κ3) is 1.51. The summed E-state index contributed by atoms with van der Waals surface area (Å²) in [4.78, 5) is 2.35. The first-order valence-corrected chi connectivity index (χ1v) is 4.27. The van der Waals surface area contributed by atoms with Crippen LogP contribution in [0.25, 0.3) is 0 Å². The van der Waals surface area contributed by atoms with Crippen LogP contribution in [-0.4, -0.2) is 25.0 Å². The van der Waals surface area contributed by atoms with Crippen molar-refractivity contribution >= 4 is 0 Å². The van der Waals surface area contributed by atoms with Gasteiger partial charge in [0.15, 0.2) is 0 Å². The lowest BCUT2D eigenvalue weighted by molar-refractivity contribution is 0.0924. The lowest BCUT2D eigenvalue weighted by Crippen LogP contribution is -2.42. The highest BCUT2D eigenvalue weighted by Crippen LogP contribution is 2.35. The standard InChI is InChI=1S/C9H19N/c1-7(2)8-5-9(6-8)10(3)4/h7-9H,5-6H2,1-4H3. The average Bonchev–Trinajstić information content (AvgIpc) is 1.56. The van der Waals surface area contributed by atoms with Crippen molar-refractivity contribution in [2.75, 3.05) is 14.1 Å². The molecule has 1 saturated carbocycles. The van der Waals surface area contributed by atoms with Crippen molar-refractivity contribution in [1.82, 2.24) is 4.90 Å². The van der Waals surface area contributed by atoms with Crippen molar-refractivity contribution in [2.24, 2.45) is 11.8 Å². The Bertz CT molecular complexity index is 89.3. The molecule has 0 heterocycles. The van der Waals surface area contributed by atoms with Crippen molar-refractivity contribution in [3.63, 3.8) is 0 Å². The second kappa shape index (κ2) is 2.91. The van der Waals surface area contributed by atoms with E-state index in [1.807, 2.05) is 0 Å². The zero-order valence-corrected chi connectivity index (χ0v) is 7.59. The number of hydrogen-bond acceptors (Lipinski definition) is 1. The van der Waals surface area contributed by atoms with Gasteiger partial charge in [0.1, 0.15) is 0 Å². The van der Waals surface area contributed by atoms with E-state index in [-0.39, 0.29) is 0 Å². The van der Waals surface area contributed by atoms with Gasteiger partial charge in [-0.25, -0.2) is 0 Å². The lowest BCUT2D eigenvalue weighted by Gasteiger charge is -2.41. The summed E-state index contributed by atoms with van der Waals surface area (Å²) in [5, 5.41) is 0. The van der Waals surface area contributed by atoms with Crippen LogP contribution in [0.4, 0.5) is 0 Å². The van der Waals surface area contributed by atoms with Crippen LogP contribution in [0, 0.1) is 11.8 Å². The molecule has 1 heteroatoms. The SMILES string of the molecule is CC(C)C1CC(N(C)C)C1.